The Morgan fingerprint density at radius 2 is 1.48 bits per heavy atom. The van der Waals surface area contributed by atoms with E-state index in [2.05, 4.69) is 23.0 Å². The number of hydrogen-bond acceptors (Lipinski definition) is 5. The molecule has 0 aliphatic carbocycles. The molecule has 1 aliphatic heterocycles. The van der Waals surface area contributed by atoms with E-state index < -0.39 is 11.7 Å². The fraction of sp³-hybridized carbons (Fsp3) is 0.417. The molecule has 2 aromatic carbocycles. The lowest BCUT2D eigenvalue weighted by atomic mass is 10.1. The quantitative estimate of drug-likeness (QED) is 0.421. The predicted octanol–water partition coefficient (Wildman–Crippen LogP) is 0.294. The van der Waals surface area contributed by atoms with Gasteiger partial charge in [0.15, 0.2) is 18.0 Å². The summed E-state index contributed by atoms with van der Waals surface area (Å²) in [7, 11) is 3.22. The second-order valence-corrected chi connectivity index (χ2v) is 9.11. The first kappa shape index (κ1) is 26.5. The fourth-order valence-electron chi connectivity index (χ4n) is 4.05. The molecule has 2 N–H and O–H groups in total. The van der Waals surface area contributed by atoms with Gasteiger partial charge >= 0.3 is 6.09 Å². The van der Waals surface area contributed by atoms with Gasteiger partial charge < -0.3 is 35.7 Å². The van der Waals surface area contributed by atoms with E-state index in [1.165, 1.54) is 0 Å². The number of carbonyl (C=O) groups is 2. The maximum Gasteiger partial charge on any atom is 0.426 e. The number of carbonyl (C=O) groups excluding carboxylic acids is 2. The Morgan fingerprint density at radius 1 is 0.939 bits per heavy atom. The van der Waals surface area contributed by atoms with Crippen molar-refractivity contribution < 1.29 is 45.3 Å². The van der Waals surface area contributed by atoms with Gasteiger partial charge in [-0.3, -0.25) is 10.2 Å². The van der Waals surface area contributed by atoms with Gasteiger partial charge in [0, 0.05) is 16.7 Å². The summed E-state index contributed by atoms with van der Waals surface area (Å²) in [6.45, 7) is 7.45. The lowest BCUT2D eigenvalue weighted by molar-refractivity contribution is -0.952. The molecule has 1 heterocycles. The Bertz CT molecular complexity index is 943. The highest BCUT2D eigenvalue weighted by molar-refractivity contribution is 5.80. The zero-order chi connectivity index (χ0) is 23.4. The Balaban J connectivity index is 0.00000385. The number of fused-ring (bicyclic) bond motifs is 1. The van der Waals surface area contributed by atoms with Crippen molar-refractivity contribution >= 4 is 12.0 Å². The molecule has 0 radical (unpaired) electrons. The molecule has 0 saturated carbocycles. The molecule has 0 saturated heterocycles. The molecule has 2 amide bonds. The van der Waals surface area contributed by atoms with Crippen LogP contribution >= 0.6 is 0 Å². The molecule has 8 nitrogen and oxygen atoms in total. The standard InChI is InChI=1S/C24H31N3O5.BrH/c1-24(2,3)32-23(29)26-25-22(28)16-27(13-17-9-7-6-8-10-17)14-18-11-20(30-4)21(31-5)12-19(18)15-27;/h6-12H,13-16H2,1-5H3,(H-,25,26,28,29);1H. The summed E-state index contributed by atoms with van der Waals surface area (Å²) in [5, 5.41) is 0. The van der Waals surface area contributed by atoms with E-state index >= 15 is 0 Å². The third-order valence-electron chi connectivity index (χ3n) is 5.26. The van der Waals surface area contributed by atoms with Crippen LogP contribution < -0.4 is 37.3 Å². The van der Waals surface area contributed by atoms with Gasteiger partial charge in [0.1, 0.15) is 25.2 Å². The number of rotatable bonds is 6. The molecule has 9 heteroatoms. The van der Waals surface area contributed by atoms with Gasteiger partial charge in [-0.1, -0.05) is 30.3 Å². The first-order valence-corrected chi connectivity index (χ1v) is 10.5. The summed E-state index contributed by atoms with van der Waals surface area (Å²) < 4.78 is 16.6. The van der Waals surface area contributed by atoms with Crippen molar-refractivity contribution in [2.45, 2.75) is 46.0 Å². The Kier molecular flexibility index (Phi) is 8.74. The van der Waals surface area contributed by atoms with Gasteiger partial charge in [-0.15, -0.1) is 0 Å². The first-order valence-electron chi connectivity index (χ1n) is 10.5. The zero-order valence-corrected chi connectivity index (χ0v) is 21.3. The molecular weight excluding hydrogens is 490 g/mol. The number of hydrogen-bond donors (Lipinski definition) is 2. The first-order chi connectivity index (χ1) is 15.1. The summed E-state index contributed by atoms with van der Waals surface area (Å²) >= 11 is 0. The summed E-state index contributed by atoms with van der Waals surface area (Å²) in [6.07, 6.45) is -0.695. The van der Waals surface area contributed by atoms with Gasteiger partial charge in [-0.2, -0.15) is 0 Å². The number of benzene rings is 2. The Labute approximate surface area is 205 Å². The molecule has 3 rings (SSSR count). The van der Waals surface area contributed by atoms with E-state index in [9.17, 15) is 9.59 Å². The average Bonchev–Trinajstić information content (AvgIpc) is 3.06. The van der Waals surface area contributed by atoms with Crippen LogP contribution in [0.3, 0.4) is 0 Å². The molecule has 0 spiro atoms. The van der Waals surface area contributed by atoms with E-state index in [1.54, 1.807) is 35.0 Å². The van der Waals surface area contributed by atoms with Crippen molar-refractivity contribution in [2.24, 2.45) is 0 Å². The van der Waals surface area contributed by atoms with Gasteiger partial charge in [-0.25, -0.2) is 10.2 Å². The summed E-state index contributed by atoms with van der Waals surface area (Å²) in [5.41, 5.74) is 7.54. The van der Waals surface area contributed by atoms with Crippen LogP contribution in [0.1, 0.15) is 37.5 Å². The van der Waals surface area contributed by atoms with Crippen LogP contribution in [0.4, 0.5) is 4.79 Å². The molecule has 1 aliphatic rings. The van der Waals surface area contributed by atoms with E-state index in [4.69, 9.17) is 14.2 Å². The normalized spacial score (nSPS) is 13.8. The topological polar surface area (TPSA) is 85.9 Å². The predicted molar refractivity (Wildman–Crippen MR) is 120 cm³/mol. The van der Waals surface area contributed by atoms with Crippen molar-refractivity contribution in [2.75, 3.05) is 20.8 Å². The molecule has 0 aromatic heterocycles. The summed E-state index contributed by atoms with van der Waals surface area (Å²) in [6, 6.07) is 14.0. The van der Waals surface area contributed by atoms with Crippen molar-refractivity contribution in [1.29, 1.82) is 0 Å². The Hall–Kier alpha value is -2.78. The molecule has 0 fully saturated rings. The smallest absolute Gasteiger partial charge is 0.426 e. The summed E-state index contributed by atoms with van der Waals surface area (Å²) in [5.74, 6) is 1.04. The number of methoxy groups -OCH3 is 2. The number of quaternary nitrogens is 1. The molecule has 2 aromatic rings. The van der Waals surface area contributed by atoms with Gasteiger partial charge in [0.25, 0.3) is 5.91 Å². The highest BCUT2D eigenvalue weighted by atomic mass is 79.9. The SMILES string of the molecule is COc1cc2c(cc1OC)C[N+](CC(=O)NNC(=O)OC(C)(C)C)(Cc1ccccc1)C2.[Br-]. The molecule has 180 valence electrons. The van der Waals surface area contributed by atoms with Crippen molar-refractivity contribution in [3.05, 3.63) is 59.2 Å². The molecular formula is C24H32BrN3O5. The van der Waals surface area contributed by atoms with Crippen molar-refractivity contribution in [1.82, 2.24) is 10.9 Å². The van der Waals surface area contributed by atoms with E-state index in [-0.39, 0.29) is 29.4 Å². The highest BCUT2D eigenvalue weighted by Crippen LogP contribution is 2.39. The highest BCUT2D eigenvalue weighted by Gasteiger charge is 2.39. The van der Waals surface area contributed by atoms with Crippen LogP contribution in [0.5, 0.6) is 11.5 Å². The lowest BCUT2D eigenvalue weighted by Crippen LogP contribution is -3.00. The minimum absolute atomic E-state index is 0. The van der Waals surface area contributed by atoms with Gasteiger partial charge in [0.05, 0.1) is 14.2 Å². The van der Waals surface area contributed by atoms with Crippen LogP contribution in [0, 0.1) is 0 Å². The minimum Gasteiger partial charge on any atom is -1.00 e. The number of halogens is 1. The zero-order valence-electron chi connectivity index (χ0n) is 19.7. The molecule has 0 atom stereocenters. The van der Waals surface area contributed by atoms with Crippen LogP contribution in [-0.4, -0.2) is 42.8 Å². The number of ether oxygens (including phenoxy) is 3. The maximum absolute atomic E-state index is 12.8. The average molecular weight is 522 g/mol. The Morgan fingerprint density at radius 3 is 1.97 bits per heavy atom. The fourth-order valence-corrected chi connectivity index (χ4v) is 4.05. The van der Waals surface area contributed by atoms with Crippen LogP contribution in [0.2, 0.25) is 0 Å². The largest absolute Gasteiger partial charge is 1.00 e. The van der Waals surface area contributed by atoms with Crippen LogP contribution in [0.25, 0.3) is 0 Å². The number of amides is 2. The second-order valence-electron chi connectivity index (χ2n) is 9.11. The maximum atomic E-state index is 12.8. The monoisotopic (exact) mass is 521 g/mol. The van der Waals surface area contributed by atoms with Crippen LogP contribution in [0.15, 0.2) is 42.5 Å². The second kappa shape index (κ2) is 10.9. The van der Waals surface area contributed by atoms with Gasteiger partial charge in [-0.05, 0) is 32.9 Å². The number of nitrogens with one attached hydrogen (secondary N) is 2. The van der Waals surface area contributed by atoms with Crippen molar-refractivity contribution in [3.8, 4) is 11.5 Å². The summed E-state index contributed by atoms with van der Waals surface area (Å²) in [4.78, 5) is 24.7. The molecule has 0 bridgehead atoms. The third kappa shape index (κ3) is 7.10. The van der Waals surface area contributed by atoms with E-state index in [0.29, 0.717) is 35.6 Å². The molecule has 0 unspecified atom stereocenters. The number of nitrogens with zero attached hydrogens (tertiary/aromatic N) is 1. The van der Waals surface area contributed by atoms with Crippen LogP contribution in [-0.2, 0) is 29.2 Å². The van der Waals surface area contributed by atoms with E-state index in [1.807, 2.05) is 30.3 Å². The lowest BCUT2D eigenvalue weighted by Gasteiger charge is -2.33. The minimum atomic E-state index is -0.695. The van der Waals surface area contributed by atoms with E-state index in [0.717, 1.165) is 16.7 Å². The van der Waals surface area contributed by atoms with Crippen molar-refractivity contribution in [3.63, 3.8) is 0 Å². The third-order valence-corrected chi connectivity index (χ3v) is 5.26. The number of hydrazine groups is 1. The molecule has 33 heavy (non-hydrogen) atoms. The van der Waals surface area contributed by atoms with Gasteiger partial charge in [0.2, 0.25) is 0 Å².